The SMILES string of the molecule is O=C1C=CC(=NOC(=O)C=Cc2ccccc2)C=C1. The zero-order valence-corrected chi connectivity index (χ0v) is 10.0. The highest BCUT2D eigenvalue weighted by Crippen LogP contribution is 2.02. The summed E-state index contributed by atoms with van der Waals surface area (Å²) in [6.07, 6.45) is 8.60. The van der Waals surface area contributed by atoms with Gasteiger partial charge in [-0.1, -0.05) is 35.5 Å². The minimum absolute atomic E-state index is 0.116. The molecule has 0 bridgehead atoms. The zero-order chi connectivity index (χ0) is 13.5. The van der Waals surface area contributed by atoms with E-state index in [1.807, 2.05) is 30.3 Å². The summed E-state index contributed by atoms with van der Waals surface area (Å²) < 4.78 is 0. The summed E-state index contributed by atoms with van der Waals surface area (Å²) in [7, 11) is 0. The Morgan fingerprint density at radius 3 is 2.42 bits per heavy atom. The van der Waals surface area contributed by atoms with Crippen LogP contribution >= 0.6 is 0 Å². The molecule has 0 unspecified atom stereocenters. The first-order valence-corrected chi connectivity index (χ1v) is 5.66. The molecule has 0 aromatic heterocycles. The second kappa shape index (κ2) is 6.26. The van der Waals surface area contributed by atoms with Crippen LogP contribution in [0.5, 0.6) is 0 Å². The van der Waals surface area contributed by atoms with Crippen molar-refractivity contribution in [2.75, 3.05) is 0 Å². The van der Waals surface area contributed by atoms with E-state index in [0.717, 1.165) is 5.56 Å². The Labute approximate surface area is 110 Å². The van der Waals surface area contributed by atoms with E-state index in [0.29, 0.717) is 5.71 Å². The number of ketones is 1. The fourth-order valence-corrected chi connectivity index (χ4v) is 1.36. The van der Waals surface area contributed by atoms with Gasteiger partial charge in [0.25, 0.3) is 0 Å². The van der Waals surface area contributed by atoms with Gasteiger partial charge in [-0.25, -0.2) is 4.79 Å². The van der Waals surface area contributed by atoms with E-state index in [1.54, 1.807) is 6.08 Å². The maximum atomic E-state index is 11.4. The summed E-state index contributed by atoms with van der Waals surface area (Å²) >= 11 is 0. The molecule has 4 nitrogen and oxygen atoms in total. The van der Waals surface area contributed by atoms with E-state index in [4.69, 9.17) is 0 Å². The third kappa shape index (κ3) is 4.20. The lowest BCUT2D eigenvalue weighted by atomic mass is 10.2. The molecule has 4 heteroatoms. The van der Waals surface area contributed by atoms with Crippen LogP contribution in [0, 0.1) is 0 Å². The van der Waals surface area contributed by atoms with Gasteiger partial charge in [0.2, 0.25) is 0 Å². The van der Waals surface area contributed by atoms with E-state index in [-0.39, 0.29) is 5.78 Å². The fraction of sp³-hybridized carbons (Fsp3) is 0. The number of hydrogen-bond donors (Lipinski definition) is 0. The summed E-state index contributed by atoms with van der Waals surface area (Å²) in [5, 5.41) is 3.62. The first kappa shape index (κ1) is 12.7. The number of rotatable bonds is 3. The molecule has 0 saturated carbocycles. The van der Waals surface area contributed by atoms with Crippen molar-refractivity contribution in [1.82, 2.24) is 0 Å². The lowest BCUT2D eigenvalue weighted by molar-refractivity contribution is -0.137. The molecule has 94 valence electrons. The van der Waals surface area contributed by atoms with Crippen LogP contribution in [0.25, 0.3) is 6.08 Å². The van der Waals surface area contributed by atoms with Gasteiger partial charge in [-0.15, -0.1) is 0 Å². The van der Waals surface area contributed by atoms with Crippen LogP contribution in [0.4, 0.5) is 0 Å². The highest BCUT2D eigenvalue weighted by Gasteiger charge is 2.01. The number of oxime groups is 1. The van der Waals surface area contributed by atoms with Gasteiger partial charge in [-0.2, -0.15) is 0 Å². The highest BCUT2D eigenvalue weighted by molar-refractivity contribution is 6.16. The Morgan fingerprint density at radius 2 is 1.74 bits per heavy atom. The number of allylic oxidation sites excluding steroid dienone is 4. The van der Waals surface area contributed by atoms with Crippen LogP contribution in [-0.2, 0) is 14.4 Å². The highest BCUT2D eigenvalue weighted by atomic mass is 16.7. The number of nitrogens with zero attached hydrogens (tertiary/aromatic N) is 1. The minimum Gasteiger partial charge on any atom is -0.313 e. The molecule has 0 N–H and O–H groups in total. The van der Waals surface area contributed by atoms with Gasteiger partial charge < -0.3 is 4.84 Å². The molecule has 0 radical (unpaired) electrons. The fourth-order valence-electron chi connectivity index (χ4n) is 1.36. The van der Waals surface area contributed by atoms with E-state index < -0.39 is 5.97 Å². The summed E-state index contributed by atoms with van der Waals surface area (Å²) in [5.41, 5.74) is 1.32. The van der Waals surface area contributed by atoms with Gasteiger partial charge in [0, 0.05) is 6.08 Å². The van der Waals surface area contributed by atoms with Crippen LogP contribution in [0.15, 0.2) is 65.9 Å². The molecule has 0 atom stereocenters. The molecule has 19 heavy (non-hydrogen) atoms. The molecular weight excluding hydrogens is 242 g/mol. The van der Waals surface area contributed by atoms with E-state index >= 15 is 0 Å². The second-order valence-corrected chi connectivity index (χ2v) is 3.74. The Kier molecular flexibility index (Phi) is 4.18. The Morgan fingerprint density at radius 1 is 1.05 bits per heavy atom. The van der Waals surface area contributed by atoms with E-state index in [1.165, 1.54) is 30.4 Å². The molecule has 0 saturated heterocycles. The Bertz CT molecular complexity index is 577. The van der Waals surface area contributed by atoms with Crippen molar-refractivity contribution >= 4 is 23.5 Å². The van der Waals surface area contributed by atoms with Crippen molar-refractivity contribution in [2.24, 2.45) is 5.16 Å². The van der Waals surface area contributed by atoms with Gasteiger partial charge in [0.15, 0.2) is 5.78 Å². The summed E-state index contributed by atoms with van der Waals surface area (Å²) in [4.78, 5) is 26.9. The predicted molar refractivity (Wildman–Crippen MR) is 72.3 cm³/mol. The normalized spacial score (nSPS) is 13.9. The number of hydrogen-bond acceptors (Lipinski definition) is 4. The standard InChI is InChI=1S/C15H11NO3/c17-14-9-7-13(8-10-14)16-19-15(18)11-6-12-4-2-1-3-5-12/h1-11H. The van der Waals surface area contributed by atoms with Crippen LogP contribution in [0.2, 0.25) is 0 Å². The first-order chi connectivity index (χ1) is 9.24. The molecule has 2 rings (SSSR count). The Hall–Kier alpha value is -2.75. The van der Waals surface area contributed by atoms with Crippen LogP contribution < -0.4 is 0 Å². The van der Waals surface area contributed by atoms with Crippen molar-refractivity contribution < 1.29 is 14.4 Å². The maximum Gasteiger partial charge on any atom is 0.358 e. The van der Waals surface area contributed by atoms with Crippen LogP contribution in [0.3, 0.4) is 0 Å². The number of benzene rings is 1. The van der Waals surface area contributed by atoms with Crippen molar-refractivity contribution in [3.8, 4) is 0 Å². The molecule has 1 aromatic rings. The minimum atomic E-state index is -0.574. The monoisotopic (exact) mass is 253 g/mol. The van der Waals surface area contributed by atoms with Crippen molar-refractivity contribution in [1.29, 1.82) is 0 Å². The second-order valence-electron chi connectivity index (χ2n) is 3.74. The maximum absolute atomic E-state index is 11.4. The average molecular weight is 253 g/mol. The lowest BCUT2D eigenvalue weighted by Crippen LogP contribution is -2.02. The van der Waals surface area contributed by atoms with Crippen molar-refractivity contribution in [3.63, 3.8) is 0 Å². The lowest BCUT2D eigenvalue weighted by Gasteiger charge is -1.97. The zero-order valence-electron chi connectivity index (χ0n) is 10.0. The third-order valence-corrected chi connectivity index (χ3v) is 2.29. The molecule has 0 aliphatic heterocycles. The van der Waals surface area contributed by atoms with Crippen molar-refractivity contribution in [2.45, 2.75) is 0 Å². The van der Waals surface area contributed by atoms with Crippen molar-refractivity contribution in [3.05, 3.63) is 66.3 Å². The molecule has 1 aromatic carbocycles. The summed E-state index contributed by atoms with van der Waals surface area (Å²) in [5.74, 6) is -0.690. The first-order valence-electron chi connectivity index (χ1n) is 5.66. The van der Waals surface area contributed by atoms with Gasteiger partial charge in [0.1, 0.15) is 5.71 Å². The largest absolute Gasteiger partial charge is 0.358 e. The van der Waals surface area contributed by atoms with E-state index in [9.17, 15) is 9.59 Å². The smallest absolute Gasteiger partial charge is 0.313 e. The molecule has 0 heterocycles. The number of carbonyl (C=O) groups excluding carboxylic acids is 2. The molecule has 0 amide bonds. The average Bonchev–Trinajstić information content (AvgIpc) is 2.45. The quantitative estimate of drug-likeness (QED) is 0.359. The van der Waals surface area contributed by atoms with E-state index in [2.05, 4.69) is 9.99 Å². The van der Waals surface area contributed by atoms with Gasteiger partial charge in [-0.05, 0) is 35.9 Å². The molecule has 0 spiro atoms. The molecule has 1 aliphatic rings. The van der Waals surface area contributed by atoms with Crippen LogP contribution in [-0.4, -0.2) is 17.5 Å². The van der Waals surface area contributed by atoms with Gasteiger partial charge >= 0.3 is 5.97 Å². The molecular formula is C15H11NO3. The summed E-state index contributed by atoms with van der Waals surface area (Å²) in [6, 6.07) is 9.38. The molecule has 1 aliphatic carbocycles. The topological polar surface area (TPSA) is 55.7 Å². The van der Waals surface area contributed by atoms with Crippen LogP contribution in [0.1, 0.15) is 5.56 Å². The summed E-state index contributed by atoms with van der Waals surface area (Å²) in [6.45, 7) is 0. The third-order valence-electron chi connectivity index (χ3n) is 2.29. The van der Waals surface area contributed by atoms with Gasteiger partial charge in [-0.3, -0.25) is 4.79 Å². The van der Waals surface area contributed by atoms with Gasteiger partial charge in [0.05, 0.1) is 0 Å². The number of carbonyl (C=O) groups is 2. The predicted octanol–water partition coefficient (Wildman–Crippen LogP) is 2.29. The molecule has 0 fully saturated rings. The Balaban J connectivity index is 1.90.